The molecule has 2 amide bonds. The minimum atomic E-state index is -2.07. The van der Waals surface area contributed by atoms with E-state index in [0.29, 0.717) is 0 Å². The van der Waals surface area contributed by atoms with E-state index in [4.69, 9.17) is 11.5 Å². The highest BCUT2D eigenvalue weighted by atomic mass is 16.4. The van der Waals surface area contributed by atoms with E-state index in [9.17, 15) is 29.4 Å². The summed E-state index contributed by atoms with van der Waals surface area (Å²) in [5.41, 5.74) is 2.57. The summed E-state index contributed by atoms with van der Waals surface area (Å²) in [5, 5.41) is 18.9. The van der Waals surface area contributed by atoms with Crippen LogP contribution in [0.25, 0.3) is 0 Å². The fraction of sp³-hybridized carbons (Fsp3) is 0.667. The van der Waals surface area contributed by atoms with Gasteiger partial charge in [-0.15, -0.1) is 0 Å². The number of rotatable bonds is 4. The van der Waals surface area contributed by atoms with Gasteiger partial charge in [0.15, 0.2) is 0 Å². The smallest absolute Gasteiger partial charge is 0.311 e. The molecule has 0 bridgehead atoms. The van der Waals surface area contributed by atoms with Crippen molar-refractivity contribution in [3.05, 3.63) is 0 Å². The third-order valence-electron chi connectivity index (χ3n) is 5.84. The summed E-state index contributed by atoms with van der Waals surface area (Å²) in [7, 11) is 0. The Kier molecular flexibility index (Phi) is 2.95. The summed E-state index contributed by atoms with van der Waals surface area (Å²) in [6, 6.07) is 0. The predicted octanol–water partition coefficient (Wildman–Crippen LogP) is -0.835. The Hall–Kier alpha value is -2.12. The first kappa shape index (κ1) is 15.9. The van der Waals surface area contributed by atoms with Crippen molar-refractivity contribution in [2.45, 2.75) is 27.7 Å². The molecule has 112 valence electrons. The molecule has 8 nitrogen and oxygen atoms in total. The number of amides is 2. The van der Waals surface area contributed by atoms with Crippen LogP contribution in [0, 0.1) is 21.7 Å². The van der Waals surface area contributed by atoms with Crippen molar-refractivity contribution in [3.63, 3.8) is 0 Å². The zero-order valence-corrected chi connectivity index (χ0v) is 11.7. The average molecular weight is 286 g/mol. The highest BCUT2D eigenvalue weighted by molar-refractivity contribution is 6.07. The lowest BCUT2D eigenvalue weighted by Gasteiger charge is -2.71. The van der Waals surface area contributed by atoms with E-state index < -0.39 is 45.4 Å². The van der Waals surface area contributed by atoms with Crippen molar-refractivity contribution in [2.75, 3.05) is 0 Å². The highest BCUT2D eigenvalue weighted by Crippen LogP contribution is 2.78. The summed E-state index contributed by atoms with van der Waals surface area (Å²) in [6.45, 7) is 4.52. The van der Waals surface area contributed by atoms with Gasteiger partial charge in [0.25, 0.3) is 0 Å². The van der Waals surface area contributed by atoms with Crippen molar-refractivity contribution < 1.29 is 29.4 Å². The van der Waals surface area contributed by atoms with Crippen molar-refractivity contribution in [1.82, 2.24) is 0 Å². The molecule has 0 aromatic heterocycles. The quantitative estimate of drug-likeness (QED) is 0.527. The maximum atomic E-state index is 11.8. The maximum Gasteiger partial charge on any atom is 0.311 e. The first-order chi connectivity index (χ1) is 8.77. The highest BCUT2D eigenvalue weighted by Gasteiger charge is 2.90. The van der Waals surface area contributed by atoms with E-state index in [1.165, 1.54) is 13.8 Å². The molecule has 0 aromatic carbocycles. The Bertz CT molecular complexity index is 434. The summed E-state index contributed by atoms with van der Waals surface area (Å²) < 4.78 is 0. The molecule has 0 radical (unpaired) electrons. The van der Waals surface area contributed by atoms with Gasteiger partial charge in [0.2, 0.25) is 11.8 Å². The number of carboxylic acid groups (broad SMARTS) is 2. The first-order valence-electron chi connectivity index (χ1n) is 5.84. The third kappa shape index (κ3) is 1.05. The minimum absolute atomic E-state index is 1.08. The van der Waals surface area contributed by atoms with Crippen LogP contribution in [0.2, 0.25) is 0 Å². The Morgan fingerprint density at radius 2 is 0.850 bits per heavy atom. The number of hydrogen-bond acceptors (Lipinski definition) is 4. The monoisotopic (exact) mass is 286 g/mol. The molecule has 4 atom stereocenters. The Morgan fingerprint density at radius 3 is 0.950 bits per heavy atom. The van der Waals surface area contributed by atoms with Crippen LogP contribution in [0.15, 0.2) is 0 Å². The van der Waals surface area contributed by atoms with E-state index in [-0.39, 0.29) is 0 Å². The molecule has 1 fully saturated rings. The number of hydrogen-bond donors (Lipinski definition) is 4. The molecule has 20 heavy (non-hydrogen) atoms. The molecule has 1 aliphatic carbocycles. The van der Waals surface area contributed by atoms with Gasteiger partial charge >= 0.3 is 11.9 Å². The Labute approximate surface area is 115 Å². The molecule has 8 heteroatoms. The van der Waals surface area contributed by atoms with Gasteiger partial charge in [-0.25, -0.2) is 0 Å². The van der Waals surface area contributed by atoms with Crippen LogP contribution < -0.4 is 11.5 Å². The van der Waals surface area contributed by atoms with E-state index in [2.05, 4.69) is 0 Å². The van der Waals surface area contributed by atoms with E-state index >= 15 is 0 Å². The van der Waals surface area contributed by atoms with Crippen LogP contribution in [0.1, 0.15) is 27.7 Å². The number of carbonyl (C=O) groups excluding carboxylic acids is 2. The average Bonchev–Trinajstić information content (AvgIpc) is 2.33. The number of aliphatic carboxylic acids is 2. The lowest BCUT2D eigenvalue weighted by molar-refractivity contribution is -0.279. The summed E-state index contributed by atoms with van der Waals surface area (Å²) >= 11 is 0. The van der Waals surface area contributed by atoms with E-state index in [0.717, 1.165) is 13.8 Å². The van der Waals surface area contributed by atoms with Crippen LogP contribution >= 0.6 is 0 Å². The topological polar surface area (TPSA) is 161 Å². The SMILES string of the molecule is CC1(C(N)=O)C(C)(C(N)=O)C(C)(C(=O)O)C1(C)C(=O)O. The van der Waals surface area contributed by atoms with Gasteiger partial charge in [-0.2, -0.15) is 0 Å². The molecular weight excluding hydrogens is 268 g/mol. The predicted molar refractivity (Wildman–Crippen MR) is 66.1 cm³/mol. The molecule has 0 spiro atoms. The van der Waals surface area contributed by atoms with Crippen LogP contribution in [0.5, 0.6) is 0 Å². The lowest BCUT2D eigenvalue weighted by atomic mass is 9.25. The second-order valence-corrected chi connectivity index (χ2v) is 5.84. The standard InChI is InChI=1S/C12H18N2O6/c1-9(5(13)15)10(2,6(14)16)12(4,8(19)20)11(9,3)7(17)18/h1-4H3,(H2,13,15)(H2,14,16)(H,17,18)(H,19,20). The van der Waals surface area contributed by atoms with Crippen LogP contribution in [0.3, 0.4) is 0 Å². The first-order valence-corrected chi connectivity index (χ1v) is 5.84. The fourth-order valence-corrected chi connectivity index (χ4v) is 3.78. The maximum absolute atomic E-state index is 11.8. The van der Waals surface area contributed by atoms with Crippen LogP contribution in [0.4, 0.5) is 0 Å². The van der Waals surface area contributed by atoms with Gasteiger partial charge in [0.1, 0.15) is 0 Å². The summed E-state index contributed by atoms with van der Waals surface area (Å²) in [5.74, 6) is -5.21. The van der Waals surface area contributed by atoms with Gasteiger partial charge in [-0.1, -0.05) is 0 Å². The normalized spacial score (nSPS) is 43.4. The van der Waals surface area contributed by atoms with Crippen molar-refractivity contribution >= 4 is 23.8 Å². The number of carboxylic acids is 2. The molecule has 0 saturated heterocycles. The molecule has 6 N–H and O–H groups in total. The molecule has 1 aliphatic rings. The number of carbonyl (C=O) groups is 4. The third-order valence-corrected chi connectivity index (χ3v) is 5.84. The lowest BCUT2D eigenvalue weighted by Crippen LogP contribution is -2.85. The van der Waals surface area contributed by atoms with E-state index in [1.54, 1.807) is 0 Å². The molecule has 0 aromatic rings. The van der Waals surface area contributed by atoms with Gasteiger partial charge in [-0.05, 0) is 27.7 Å². The fourth-order valence-electron chi connectivity index (χ4n) is 3.78. The molecule has 4 unspecified atom stereocenters. The molecule has 1 rings (SSSR count). The molecule has 1 saturated carbocycles. The zero-order chi connectivity index (χ0) is 16.3. The minimum Gasteiger partial charge on any atom is -0.481 e. The second kappa shape index (κ2) is 3.71. The second-order valence-electron chi connectivity index (χ2n) is 5.84. The van der Waals surface area contributed by atoms with Gasteiger partial charge < -0.3 is 21.7 Å². The largest absolute Gasteiger partial charge is 0.481 e. The number of primary amides is 2. The summed E-state index contributed by atoms with van der Waals surface area (Å²) in [6.07, 6.45) is 0. The van der Waals surface area contributed by atoms with Crippen molar-refractivity contribution in [3.8, 4) is 0 Å². The Balaban J connectivity index is 3.86. The van der Waals surface area contributed by atoms with Crippen LogP contribution in [-0.2, 0) is 19.2 Å². The van der Waals surface area contributed by atoms with Crippen LogP contribution in [-0.4, -0.2) is 34.0 Å². The van der Waals surface area contributed by atoms with Gasteiger partial charge in [0, 0.05) is 0 Å². The van der Waals surface area contributed by atoms with Gasteiger partial charge in [0.05, 0.1) is 21.7 Å². The summed E-state index contributed by atoms with van der Waals surface area (Å²) in [4.78, 5) is 46.9. The molecule has 0 aliphatic heterocycles. The molecular formula is C12H18N2O6. The number of nitrogens with two attached hydrogens (primary N) is 2. The van der Waals surface area contributed by atoms with Crippen molar-refractivity contribution in [2.24, 2.45) is 33.1 Å². The van der Waals surface area contributed by atoms with E-state index in [1.807, 2.05) is 0 Å². The molecule has 0 heterocycles. The van der Waals surface area contributed by atoms with Gasteiger partial charge in [-0.3, -0.25) is 19.2 Å². The Morgan fingerprint density at radius 1 is 0.650 bits per heavy atom. The zero-order valence-electron chi connectivity index (χ0n) is 11.7. The van der Waals surface area contributed by atoms with Crippen molar-refractivity contribution in [1.29, 1.82) is 0 Å².